The Morgan fingerprint density at radius 3 is 1.52 bits per heavy atom. The van der Waals surface area contributed by atoms with E-state index in [2.05, 4.69) is 10.2 Å². The second-order valence-electron chi connectivity index (χ2n) is 7.17. The summed E-state index contributed by atoms with van der Waals surface area (Å²) in [4.78, 5) is 26.7. The van der Waals surface area contributed by atoms with E-state index in [0.29, 0.717) is 39.5 Å². The molecule has 0 aliphatic rings. The highest BCUT2D eigenvalue weighted by Crippen LogP contribution is 2.31. The molecule has 0 aliphatic carbocycles. The largest absolute Gasteiger partial charge is 0.497 e. The van der Waals surface area contributed by atoms with Gasteiger partial charge in [-0.1, -0.05) is 12.1 Å². The monoisotopic (exact) mass is 442 g/mol. The molecule has 0 amide bonds. The Kier molecular flexibility index (Phi) is 6.22. The number of benzene rings is 3. The van der Waals surface area contributed by atoms with E-state index in [0.717, 1.165) is 0 Å². The Morgan fingerprint density at radius 1 is 0.636 bits per heavy atom. The summed E-state index contributed by atoms with van der Waals surface area (Å²) in [6, 6.07) is 20.6. The van der Waals surface area contributed by atoms with Crippen molar-refractivity contribution >= 4 is 11.6 Å². The number of carbonyl (C=O) groups excluding carboxylic acids is 2. The van der Waals surface area contributed by atoms with Crippen molar-refractivity contribution in [1.29, 1.82) is 0 Å². The Labute approximate surface area is 190 Å². The molecule has 0 saturated carbocycles. The van der Waals surface area contributed by atoms with Gasteiger partial charge in [0.05, 0.1) is 21.3 Å². The highest BCUT2D eigenvalue weighted by atomic mass is 16.5. The average molecular weight is 442 g/mol. The zero-order valence-corrected chi connectivity index (χ0v) is 18.4. The van der Waals surface area contributed by atoms with E-state index >= 15 is 0 Å². The summed E-state index contributed by atoms with van der Waals surface area (Å²) in [5.74, 6) is 1.34. The lowest BCUT2D eigenvalue weighted by Crippen LogP contribution is -2.06. The van der Waals surface area contributed by atoms with E-state index in [1.54, 1.807) is 94.1 Å². The Hall–Kier alpha value is -4.39. The number of nitrogens with zero attached hydrogens (tertiary/aromatic N) is 1. The number of nitrogens with one attached hydrogen (secondary N) is 1. The predicted octanol–water partition coefficient (Wildman–Crippen LogP) is 4.56. The molecule has 0 unspecified atom stereocenters. The molecule has 0 radical (unpaired) electrons. The minimum Gasteiger partial charge on any atom is -0.497 e. The maximum absolute atomic E-state index is 13.4. The third-order valence-electron chi connectivity index (χ3n) is 5.29. The van der Waals surface area contributed by atoms with Crippen molar-refractivity contribution in [3.05, 3.63) is 95.3 Å². The van der Waals surface area contributed by atoms with Crippen molar-refractivity contribution in [2.75, 3.05) is 21.3 Å². The number of H-pyrrole nitrogens is 1. The van der Waals surface area contributed by atoms with E-state index in [1.807, 2.05) is 0 Å². The number of carbonyl (C=O) groups is 2. The lowest BCUT2D eigenvalue weighted by molar-refractivity contribution is 0.102. The molecule has 1 heterocycles. The first-order valence-corrected chi connectivity index (χ1v) is 10.2. The smallest absolute Gasteiger partial charge is 0.213 e. The molecule has 0 atom stereocenters. The van der Waals surface area contributed by atoms with Gasteiger partial charge in [0.15, 0.2) is 0 Å². The fraction of sp³-hybridized carbons (Fsp3) is 0.115. The van der Waals surface area contributed by atoms with Crippen LogP contribution in [0.25, 0.3) is 11.1 Å². The number of hydrogen-bond donors (Lipinski definition) is 1. The van der Waals surface area contributed by atoms with Crippen LogP contribution in [0.2, 0.25) is 0 Å². The summed E-state index contributed by atoms with van der Waals surface area (Å²) in [7, 11) is 4.69. The van der Waals surface area contributed by atoms with Gasteiger partial charge in [0.1, 0.15) is 28.6 Å². The van der Waals surface area contributed by atoms with Gasteiger partial charge in [0, 0.05) is 16.7 Å². The van der Waals surface area contributed by atoms with Crippen LogP contribution in [0.4, 0.5) is 0 Å². The van der Waals surface area contributed by atoms with Crippen molar-refractivity contribution < 1.29 is 23.8 Å². The van der Waals surface area contributed by atoms with Crippen molar-refractivity contribution in [3.8, 4) is 28.4 Å². The highest BCUT2D eigenvalue weighted by Gasteiger charge is 2.26. The molecule has 3 aromatic carbocycles. The molecule has 4 rings (SSSR count). The fourth-order valence-corrected chi connectivity index (χ4v) is 3.48. The molecule has 0 spiro atoms. The standard InChI is InChI=1S/C26H22N2O5/c1-31-19-10-4-16(5-11-19)22-23(25(29)17-6-12-20(32-2)13-7-17)27-28-24(22)26(30)18-8-14-21(33-3)15-9-18/h4-15H,1-3H3,(H,27,28). The van der Waals surface area contributed by atoms with Crippen LogP contribution in [0.1, 0.15) is 32.1 Å². The van der Waals surface area contributed by atoms with E-state index in [-0.39, 0.29) is 23.0 Å². The number of ketones is 2. The number of ether oxygens (including phenoxy) is 3. The summed E-state index contributed by atoms with van der Waals surface area (Å²) in [6.45, 7) is 0. The molecule has 0 aliphatic heterocycles. The minimum atomic E-state index is -0.312. The summed E-state index contributed by atoms with van der Waals surface area (Å²) in [5, 5.41) is 7.05. The molecule has 7 nitrogen and oxygen atoms in total. The molecule has 7 heteroatoms. The van der Waals surface area contributed by atoms with Crippen LogP contribution >= 0.6 is 0 Å². The highest BCUT2D eigenvalue weighted by molar-refractivity contribution is 6.18. The number of rotatable bonds is 8. The van der Waals surface area contributed by atoms with E-state index in [1.165, 1.54) is 0 Å². The number of aromatic nitrogens is 2. The third-order valence-corrected chi connectivity index (χ3v) is 5.29. The zero-order valence-electron chi connectivity index (χ0n) is 18.4. The second kappa shape index (κ2) is 9.40. The first-order chi connectivity index (χ1) is 16.0. The van der Waals surface area contributed by atoms with E-state index in [4.69, 9.17) is 14.2 Å². The van der Waals surface area contributed by atoms with Gasteiger partial charge in [-0.25, -0.2) is 0 Å². The fourth-order valence-electron chi connectivity index (χ4n) is 3.48. The van der Waals surface area contributed by atoms with Crippen molar-refractivity contribution in [3.63, 3.8) is 0 Å². The van der Waals surface area contributed by atoms with Gasteiger partial charge >= 0.3 is 0 Å². The Bertz CT molecular complexity index is 1200. The van der Waals surface area contributed by atoms with E-state index < -0.39 is 0 Å². The molecule has 4 aromatic rings. The SMILES string of the molecule is COc1ccc(C(=O)c2n[nH]c(C(=O)c3ccc(OC)cc3)c2-c2ccc(OC)cc2)cc1. The summed E-state index contributed by atoms with van der Waals surface area (Å²) in [6.07, 6.45) is 0. The van der Waals surface area contributed by atoms with Gasteiger partial charge in [-0.3, -0.25) is 14.7 Å². The van der Waals surface area contributed by atoms with Crippen LogP contribution in [0, 0.1) is 0 Å². The Balaban J connectivity index is 1.81. The normalized spacial score (nSPS) is 10.5. The molecule has 0 bridgehead atoms. The number of methoxy groups -OCH3 is 3. The summed E-state index contributed by atoms with van der Waals surface area (Å²) in [5.41, 5.74) is 2.35. The van der Waals surface area contributed by atoms with Gasteiger partial charge in [0.2, 0.25) is 11.6 Å². The zero-order chi connectivity index (χ0) is 23.4. The maximum atomic E-state index is 13.4. The first kappa shape index (κ1) is 21.8. The van der Waals surface area contributed by atoms with Crippen molar-refractivity contribution in [2.45, 2.75) is 0 Å². The second-order valence-corrected chi connectivity index (χ2v) is 7.17. The minimum absolute atomic E-state index is 0.155. The summed E-state index contributed by atoms with van der Waals surface area (Å²) < 4.78 is 15.6. The van der Waals surface area contributed by atoms with Crippen LogP contribution < -0.4 is 14.2 Å². The topological polar surface area (TPSA) is 90.5 Å². The lowest BCUT2D eigenvalue weighted by Gasteiger charge is -2.08. The molecule has 33 heavy (non-hydrogen) atoms. The van der Waals surface area contributed by atoms with Crippen LogP contribution in [-0.2, 0) is 0 Å². The number of hydrogen-bond acceptors (Lipinski definition) is 6. The molecule has 1 aromatic heterocycles. The lowest BCUT2D eigenvalue weighted by atomic mass is 9.95. The number of aromatic amines is 1. The van der Waals surface area contributed by atoms with Crippen LogP contribution in [0.3, 0.4) is 0 Å². The van der Waals surface area contributed by atoms with Crippen LogP contribution in [0.5, 0.6) is 17.2 Å². The third kappa shape index (κ3) is 4.34. The molecule has 0 fully saturated rings. The van der Waals surface area contributed by atoms with Crippen LogP contribution in [-0.4, -0.2) is 43.1 Å². The quantitative estimate of drug-likeness (QED) is 0.402. The van der Waals surface area contributed by atoms with Crippen molar-refractivity contribution in [1.82, 2.24) is 10.2 Å². The molecular formula is C26H22N2O5. The summed E-state index contributed by atoms with van der Waals surface area (Å²) >= 11 is 0. The molecule has 0 saturated heterocycles. The van der Waals surface area contributed by atoms with Crippen LogP contribution in [0.15, 0.2) is 72.8 Å². The molecule has 166 valence electrons. The van der Waals surface area contributed by atoms with Gasteiger partial charge in [-0.15, -0.1) is 0 Å². The predicted molar refractivity (Wildman–Crippen MR) is 123 cm³/mol. The van der Waals surface area contributed by atoms with E-state index in [9.17, 15) is 9.59 Å². The maximum Gasteiger partial charge on any atom is 0.213 e. The average Bonchev–Trinajstić information content (AvgIpc) is 3.33. The van der Waals surface area contributed by atoms with Gasteiger partial charge < -0.3 is 14.2 Å². The van der Waals surface area contributed by atoms with Gasteiger partial charge in [0.25, 0.3) is 0 Å². The molecular weight excluding hydrogens is 420 g/mol. The first-order valence-electron chi connectivity index (χ1n) is 10.2. The van der Waals surface area contributed by atoms with Crippen molar-refractivity contribution in [2.24, 2.45) is 0 Å². The van der Waals surface area contributed by atoms with Gasteiger partial charge in [-0.05, 0) is 66.2 Å². The van der Waals surface area contributed by atoms with Gasteiger partial charge in [-0.2, -0.15) is 5.10 Å². The Morgan fingerprint density at radius 2 is 1.06 bits per heavy atom. The molecule has 1 N–H and O–H groups in total.